The van der Waals surface area contributed by atoms with Crippen molar-refractivity contribution in [3.63, 3.8) is 0 Å². The molecule has 0 aliphatic carbocycles. The first kappa shape index (κ1) is 14.7. The van der Waals surface area contributed by atoms with E-state index in [0.717, 1.165) is 35.9 Å². The van der Waals surface area contributed by atoms with Gasteiger partial charge in [-0.3, -0.25) is 0 Å². The van der Waals surface area contributed by atoms with Crippen LogP contribution in [0.5, 0.6) is 5.75 Å². The van der Waals surface area contributed by atoms with Crippen LogP contribution in [-0.2, 0) is 6.54 Å². The Morgan fingerprint density at radius 3 is 3.06 bits per heavy atom. The number of thioether (sulfide) groups is 1. The Labute approximate surface area is 114 Å². The second-order valence-electron chi connectivity index (χ2n) is 3.64. The Hall–Kier alpha value is -1.37. The number of rotatable bonds is 9. The van der Waals surface area contributed by atoms with E-state index < -0.39 is 0 Å². The van der Waals surface area contributed by atoms with Crippen LogP contribution in [0.1, 0.15) is 5.56 Å². The molecule has 0 fully saturated rings. The molecular weight excluding hydrogens is 242 g/mol. The second kappa shape index (κ2) is 9.64. The van der Waals surface area contributed by atoms with Crippen LogP contribution >= 0.6 is 11.8 Å². The van der Waals surface area contributed by atoms with Crippen molar-refractivity contribution in [3.05, 3.63) is 42.5 Å². The van der Waals surface area contributed by atoms with Gasteiger partial charge >= 0.3 is 0 Å². The lowest BCUT2D eigenvalue weighted by atomic mass is 10.2. The Morgan fingerprint density at radius 1 is 1.44 bits per heavy atom. The van der Waals surface area contributed by atoms with Gasteiger partial charge in [-0.25, -0.2) is 0 Å². The molecule has 0 radical (unpaired) electrons. The van der Waals surface area contributed by atoms with E-state index in [0.29, 0.717) is 6.61 Å². The molecule has 0 atom stereocenters. The van der Waals surface area contributed by atoms with Crippen LogP contribution < -0.4 is 10.1 Å². The number of benzene rings is 1. The molecule has 1 rings (SSSR count). The van der Waals surface area contributed by atoms with Gasteiger partial charge in [0.05, 0.1) is 0 Å². The van der Waals surface area contributed by atoms with E-state index in [-0.39, 0.29) is 0 Å². The lowest BCUT2D eigenvalue weighted by Crippen LogP contribution is -2.17. The van der Waals surface area contributed by atoms with Crippen LogP contribution in [0.2, 0.25) is 0 Å². The fourth-order valence-corrected chi connectivity index (χ4v) is 2.07. The quantitative estimate of drug-likeness (QED) is 0.419. The zero-order valence-electron chi connectivity index (χ0n) is 10.5. The zero-order valence-corrected chi connectivity index (χ0v) is 11.3. The SMILES string of the molecule is C#CCOc1ccccc1CNCCSCC=C. The molecule has 0 unspecified atom stereocenters. The molecule has 3 heteroatoms. The molecule has 0 aromatic heterocycles. The summed E-state index contributed by atoms with van der Waals surface area (Å²) in [6, 6.07) is 7.96. The molecule has 96 valence electrons. The molecular formula is C15H19NOS. The van der Waals surface area contributed by atoms with Gasteiger partial charge in [-0.1, -0.05) is 30.2 Å². The molecule has 0 amide bonds. The molecule has 0 saturated carbocycles. The van der Waals surface area contributed by atoms with Crippen molar-refractivity contribution < 1.29 is 4.74 Å². The van der Waals surface area contributed by atoms with Crippen molar-refractivity contribution in [1.82, 2.24) is 5.32 Å². The zero-order chi connectivity index (χ0) is 13.1. The molecule has 18 heavy (non-hydrogen) atoms. The van der Waals surface area contributed by atoms with Crippen molar-refractivity contribution >= 4 is 11.8 Å². The lowest BCUT2D eigenvalue weighted by Gasteiger charge is -2.10. The highest BCUT2D eigenvalue weighted by atomic mass is 32.2. The summed E-state index contributed by atoms with van der Waals surface area (Å²) in [6.07, 6.45) is 7.12. The third-order valence-electron chi connectivity index (χ3n) is 2.26. The topological polar surface area (TPSA) is 21.3 Å². The smallest absolute Gasteiger partial charge is 0.148 e. The second-order valence-corrected chi connectivity index (χ2v) is 4.79. The van der Waals surface area contributed by atoms with Gasteiger partial charge in [0.15, 0.2) is 0 Å². The summed E-state index contributed by atoms with van der Waals surface area (Å²) in [7, 11) is 0. The Morgan fingerprint density at radius 2 is 2.28 bits per heavy atom. The molecule has 0 aliphatic rings. The predicted octanol–water partition coefficient (Wildman–Crippen LogP) is 2.71. The van der Waals surface area contributed by atoms with Crippen molar-refractivity contribution in [2.24, 2.45) is 0 Å². The number of para-hydroxylation sites is 1. The molecule has 0 bridgehead atoms. The minimum Gasteiger partial charge on any atom is -0.481 e. The first-order chi connectivity index (χ1) is 8.88. The van der Waals surface area contributed by atoms with Crippen LogP contribution in [0.4, 0.5) is 0 Å². The molecule has 0 aliphatic heterocycles. The van der Waals surface area contributed by atoms with Crippen molar-refractivity contribution in [2.45, 2.75) is 6.54 Å². The van der Waals surface area contributed by atoms with E-state index in [1.165, 1.54) is 0 Å². The predicted molar refractivity (Wildman–Crippen MR) is 80.0 cm³/mol. The first-order valence-electron chi connectivity index (χ1n) is 5.92. The highest BCUT2D eigenvalue weighted by Crippen LogP contribution is 2.17. The van der Waals surface area contributed by atoms with Crippen LogP contribution in [0.15, 0.2) is 36.9 Å². The Bertz CT molecular complexity index is 398. The number of terminal acetylenes is 1. The third-order valence-corrected chi connectivity index (χ3v) is 3.22. The van der Waals surface area contributed by atoms with Crippen molar-refractivity contribution in [1.29, 1.82) is 0 Å². The minimum absolute atomic E-state index is 0.312. The van der Waals surface area contributed by atoms with Crippen LogP contribution in [-0.4, -0.2) is 24.7 Å². The average Bonchev–Trinajstić information content (AvgIpc) is 2.41. The Balaban J connectivity index is 2.32. The third kappa shape index (κ3) is 5.81. The number of ether oxygens (including phenoxy) is 1. The summed E-state index contributed by atoms with van der Waals surface area (Å²) in [6.45, 7) is 5.78. The van der Waals surface area contributed by atoms with Gasteiger partial charge < -0.3 is 10.1 Å². The monoisotopic (exact) mass is 261 g/mol. The standard InChI is InChI=1S/C15H19NOS/c1-3-10-17-15-8-6-5-7-14(15)13-16-9-12-18-11-4-2/h1,4-8,16H,2,9-13H2. The van der Waals surface area contributed by atoms with Gasteiger partial charge in [0, 0.05) is 30.2 Å². The summed E-state index contributed by atoms with van der Waals surface area (Å²) in [5.74, 6) is 5.43. The minimum atomic E-state index is 0.312. The van der Waals surface area contributed by atoms with Crippen LogP contribution in [0.25, 0.3) is 0 Å². The fraction of sp³-hybridized carbons (Fsp3) is 0.333. The summed E-state index contributed by atoms with van der Waals surface area (Å²) >= 11 is 1.87. The van der Waals surface area contributed by atoms with E-state index in [1.54, 1.807) is 0 Å². The largest absolute Gasteiger partial charge is 0.481 e. The number of nitrogens with one attached hydrogen (secondary N) is 1. The van der Waals surface area contributed by atoms with Crippen LogP contribution in [0, 0.1) is 12.3 Å². The van der Waals surface area contributed by atoms with Gasteiger partial charge in [-0.05, 0) is 6.07 Å². The molecule has 0 saturated heterocycles. The number of hydrogen-bond donors (Lipinski definition) is 1. The van der Waals surface area contributed by atoms with E-state index >= 15 is 0 Å². The van der Waals surface area contributed by atoms with E-state index in [9.17, 15) is 0 Å². The summed E-state index contributed by atoms with van der Waals surface area (Å²) in [4.78, 5) is 0. The van der Waals surface area contributed by atoms with Gasteiger partial charge in [-0.15, -0.1) is 13.0 Å². The highest BCUT2D eigenvalue weighted by molar-refractivity contribution is 7.99. The highest BCUT2D eigenvalue weighted by Gasteiger charge is 2.01. The molecule has 0 spiro atoms. The van der Waals surface area contributed by atoms with Crippen molar-refractivity contribution in [3.8, 4) is 18.1 Å². The van der Waals surface area contributed by atoms with Crippen LogP contribution in [0.3, 0.4) is 0 Å². The summed E-state index contributed by atoms with van der Waals surface area (Å²) in [5.41, 5.74) is 1.14. The Kier molecular flexibility index (Phi) is 7.87. The van der Waals surface area contributed by atoms with Crippen molar-refractivity contribution in [2.75, 3.05) is 24.7 Å². The molecule has 1 aromatic carbocycles. The number of hydrogen-bond acceptors (Lipinski definition) is 3. The molecule has 2 nitrogen and oxygen atoms in total. The van der Waals surface area contributed by atoms with Gasteiger partial charge in [0.2, 0.25) is 0 Å². The summed E-state index contributed by atoms with van der Waals surface area (Å²) in [5, 5.41) is 3.39. The van der Waals surface area contributed by atoms with E-state index in [4.69, 9.17) is 11.2 Å². The lowest BCUT2D eigenvalue weighted by molar-refractivity contribution is 0.365. The molecule has 1 aromatic rings. The average molecular weight is 261 g/mol. The maximum absolute atomic E-state index is 5.49. The van der Waals surface area contributed by atoms with Gasteiger partial charge in [0.25, 0.3) is 0 Å². The normalized spacial score (nSPS) is 9.72. The van der Waals surface area contributed by atoms with Gasteiger partial charge in [0.1, 0.15) is 12.4 Å². The van der Waals surface area contributed by atoms with E-state index in [1.807, 2.05) is 36.0 Å². The van der Waals surface area contributed by atoms with E-state index in [2.05, 4.69) is 23.9 Å². The summed E-state index contributed by atoms with van der Waals surface area (Å²) < 4.78 is 5.49. The first-order valence-corrected chi connectivity index (χ1v) is 7.07. The fourth-order valence-electron chi connectivity index (χ4n) is 1.44. The maximum Gasteiger partial charge on any atom is 0.148 e. The molecule has 0 heterocycles. The maximum atomic E-state index is 5.49. The van der Waals surface area contributed by atoms with Gasteiger partial charge in [-0.2, -0.15) is 11.8 Å². The molecule has 1 N–H and O–H groups in total.